The summed E-state index contributed by atoms with van der Waals surface area (Å²) in [4.78, 5) is 11.7. The first-order valence-electron chi connectivity index (χ1n) is 6.00. The molecule has 0 amide bonds. The Morgan fingerprint density at radius 3 is 2.90 bits per heavy atom. The Hall–Kier alpha value is -2.34. The molecule has 5 nitrogen and oxygen atoms in total. The molecule has 0 radical (unpaired) electrons. The highest BCUT2D eigenvalue weighted by atomic mass is 19.1. The van der Waals surface area contributed by atoms with Crippen molar-refractivity contribution in [1.29, 1.82) is 0 Å². The van der Waals surface area contributed by atoms with Crippen LogP contribution in [0.4, 0.5) is 4.39 Å². The number of hydrogen-bond donors (Lipinski definition) is 1. The van der Waals surface area contributed by atoms with E-state index in [2.05, 4.69) is 15.0 Å². The molecule has 0 aliphatic carbocycles. The van der Waals surface area contributed by atoms with Gasteiger partial charge in [-0.05, 0) is 12.5 Å². The summed E-state index contributed by atoms with van der Waals surface area (Å²) in [6, 6.07) is 1.39. The van der Waals surface area contributed by atoms with Gasteiger partial charge >= 0.3 is 0 Å². The lowest BCUT2D eigenvalue weighted by Crippen LogP contribution is -2.01. The Balaban J connectivity index is 2.05. The molecule has 1 N–H and O–H groups in total. The third kappa shape index (κ3) is 3.58. The second kappa shape index (κ2) is 6.72. The van der Waals surface area contributed by atoms with Crippen molar-refractivity contribution in [3.8, 4) is 5.88 Å². The van der Waals surface area contributed by atoms with Gasteiger partial charge in [-0.1, -0.05) is 6.08 Å². The topological polar surface area (TPSA) is 68.1 Å². The number of aliphatic hydroxyl groups excluding tert-OH is 1. The van der Waals surface area contributed by atoms with Gasteiger partial charge in [0.1, 0.15) is 5.82 Å². The molecule has 1 atom stereocenters. The summed E-state index contributed by atoms with van der Waals surface area (Å²) in [6.45, 7) is 0. The maximum absolute atomic E-state index is 13.6. The molecule has 6 heteroatoms. The van der Waals surface area contributed by atoms with E-state index >= 15 is 0 Å². The van der Waals surface area contributed by atoms with E-state index in [-0.39, 0.29) is 17.9 Å². The lowest BCUT2D eigenvalue weighted by Gasteiger charge is -2.10. The molecule has 20 heavy (non-hydrogen) atoms. The zero-order valence-electron chi connectivity index (χ0n) is 10.9. The van der Waals surface area contributed by atoms with Crippen molar-refractivity contribution < 1.29 is 14.2 Å². The molecular formula is C14H14FN3O2. The van der Waals surface area contributed by atoms with E-state index in [9.17, 15) is 9.50 Å². The summed E-state index contributed by atoms with van der Waals surface area (Å²) in [5, 5.41) is 9.99. The number of halogens is 1. The van der Waals surface area contributed by atoms with Crippen LogP contribution < -0.4 is 4.74 Å². The summed E-state index contributed by atoms with van der Waals surface area (Å²) in [5.41, 5.74) is 0.827. The maximum Gasteiger partial charge on any atom is 0.213 e. The van der Waals surface area contributed by atoms with E-state index in [0.29, 0.717) is 5.69 Å². The van der Waals surface area contributed by atoms with Crippen LogP contribution in [-0.2, 0) is 0 Å². The van der Waals surface area contributed by atoms with Gasteiger partial charge in [0.15, 0.2) is 0 Å². The molecule has 0 spiro atoms. The Morgan fingerprint density at radius 2 is 2.20 bits per heavy atom. The van der Waals surface area contributed by atoms with Crippen LogP contribution in [0.25, 0.3) is 6.08 Å². The number of aliphatic hydroxyl groups is 1. The first-order valence-corrected chi connectivity index (χ1v) is 6.00. The lowest BCUT2D eigenvalue weighted by atomic mass is 10.1. The quantitative estimate of drug-likeness (QED) is 0.905. The molecule has 0 aliphatic rings. The SMILES string of the molecule is COc1cc(C(O)CC=Cc2cnccn2)c(F)cn1. The van der Waals surface area contributed by atoms with Crippen LogP contribution in [0.5, 0.6) is 5.88 Å². The van der Waals surface area contributed by atoms with E-state index in [1.54, 1.807) is 30.7 Å². The molecular weight excluding hydrogens is 261 g/mol. The van der Waals surface area contributed by atoms with Gasteiger partial charge in [0.2, 0.25) is 5.88 Å². The minimum Gasteiger partial charge on any atom is -0.481 e. The molecule has 0 bridgehead atoms. The first kappa shape index (κ1) is 14.1. The van der Waals surface area contributed by atoms with Gasteiger partial charge in [-0.3, -0.25) is 9.97 Å². The van der Waals surface area contributed by atoms with Gasteiger partial charge in [0.25, 0.3) is 0 Å². The third-order valence-electron chi connectivity index (χ3n) is 2.66. The Labute approximate surface area is 115 Å². The molecule has 0 aliphatic heterocycles. The molecule has 0 saturated carbocycles. The molecule has 2 heterocycles. The molecule has 0 saturated heterocycles. The van der Waals surface area contributed by atoms with Gasteiger partial charge in [-0.2, -0.15) is 0 Å². The Bertz CT molecular complexity index is 590. The number of aromatic nitrogens is 3. The van der Waals surface area contributed by atoms with E-state index in [1.165, 1.54) is 13.2 Å². The van der Waals surface area contributed by atoms with Crippen molar-refractivity contribution in [1.82, 2.24) is 15.0 Å². The number of ether oxygens (including phenoxy) is 1. The Morgan fingerprint density at radius 1 is 1.35 bits per heavy atom. The maximum atomic E-state index is 13.6. The zero-order valence-corrected chi connectivity index (χ0v) is 10.9. The van der Waals surface area contributed by atoms with Gasteiger partial charge in [-0.25, -0.2) is 9.37 Å². The number of hydrogen-bond acceptors (Lipinski definition) is 5. The van der Waals surface area contributed by atoms with Crippen molar-refractivity contribution >= 4 is 6.08 Å². The minimum atomic E-state index is -0.972. The average molecular weight is 275 g/mol. The van der Waals surface area contributed by atoms with Gasteiger partial charge < -0.3 is 9.84 Å². The van der Waals surface area contributed by atoms with Crippen molar-refractivity contribution in [2.75, 3.05) is 7.11 Å². The van der Waals surface area contributed by atoms with Crippen LogP contribution >= 0.6 is 0 Å². The molecule has 2 rings (SSSR count). The highest BCUT2D eigenvalue weighted by molar-refractivity contribution is 5.42. The van der Waals surface area contributed by atoms with E-state index in [1.807, 2.05) is 0 Å². The summed E-state index contributed by atoms with van der Waals surface area (Å²) >= 11 is 0. The van der Waals surface area contributed by atoms with Crippen LogP contribution in [0, 0.1) is 5.82 Å². The predicted octanol–water partition coefficient (Wildman–Crippen LogP) is 2.16. The molecule has 1 unspecified atom stereocenters. The zero-order chi connectivity index (χ0) is 14.4. The minimum absolute atomic E-state index is 0.153. The normalized spacial score (nSPS) is 12.6. The predicted molar refractivity (Wildman–Crippen MR) is 71.4 cm³/mol. The van der Waals surface area contributed by atoms with Crippen molar-refractivity contribution in [3.05, 3.63) is 54.0 Å². The fraction of sp³-hybridized carbons (Fsp3) is 0.214. The van der Waals surface area contributed by atoms with E-state index in [4.69, 9.17) is 4.74 Å². The number of nitrogens with zero attached hydrogens (tertiary/aromatic N) is 3. The average Bonchev–Trinajstić information content (AvgIpc) is 2.48. The van der Waals surface area contributed by atoms with E-state index < -0.39 is 11.9 Å². The van der Waals surface area contributed by atoms with Gasteiger partial charge in [-0.15, -0.1) is 0 Å². The number of methoxy groups -OCH3 is 1. The van der Waals surface area contributed by atoms with Gasteiger partial charge in [0, 0.05) is 24.0 Å². The van der Waals surface area contributed by atoms with Crippen molar-refractivity contribution in [3.63, 3.8) is 0 Å². The van der Waals surface area contributed by atoms with Crippen LogP contribution in [0.2, 0.25) is 0 Å². The second-order valence-corrected chi connectivity index (χ2v) is 4.03. The van der Waals surface area contributed by atoms with Crippen molar-refractivity contribution in [2.24, 2.45) is 0 Å². The molecule has 104 valence electrons. The smallest absolute Gasteiger partial charge is 0.213 e. The van der Waals surface area contributed by atoms with Crippen LogP contribution in [0.3, 0.4) is 0 Å². The lowest BCUT2D eigenvalue weighted by molar-refractivity contribution is 0.176. The first-order chi connectivity index (χ1) is 9.70. The molecule has 2 aromatic heterocycles. The largest absolute Gasteiger partial charge is 0.481 e. The van der Waals surface area contributed by atoms with Crippen molar-refractivity contribution in [2.45, 2.75) is 12.5 Å². The van der Waals surface area contributed by atoms with Crippen LogP contribution in [0.15, 0.2) is 36.9 Å². The molecule has 0 aromatic carbocycles. The summed E-state index contributed by atoms with van der Waals surface area (Å²) in [6.07, 6.45) is 8.48. The Kier molecular flexibility index (Phi) is 4.73. The summed E-state index contributed by atoms with van der Waals surface area (Å²) in [7, 11) is 1.43. The van der Waals surface area contributed by atoms with E-state index in [0.717, 1.165) is 6.20 Å². The third-order valence-corrected chi connectivity index (χ3v) is 2.66. The summed E-state index contributed by atoms with van der Waals surface area (Å²) < 4.78 is 18.5. The fourth-order valence-corrected chi connectivity index (χ4v) is 1.64. The standard InChI is InChI=1S/C14H14FN3O2/c1-20-14-7-11(12(15)9-18-14)13(19)4-2-3-10-8-16-5-6-17-10/h2-3,5-9,13,19H,4H2,1H3. The van der Waals surface area contributed by atoms with Crippen LogP contribution in [-0.4, -0.2) is 27.2 Å². The highest BCUT2D eigenvalue weighted by Gasteiger charge is 2.13. The monoisotopic (exact) mass is 275 g/mol. The molecule has 0 fully saturated rings. The second-order valence-electron chi connectivity index (χ2n) is 4.03. The van der Waals surface area contributed by atoms with Gasteiger partial charge in [0.05, 0.1) is 31.3 Å². The summed E-state index contributed by atoms with van der Waals surface area (Å²) in [5.74, 6) is -0.301. The highest BCUT2D eigenvalue weighted by Crippen LogP contribution is 2.23. The fourth-order valence-electron chi connectivity index (χ4n) is 1.64. The number of pyridine rings is 1. The number of rotatable bonds is 5. The molecule has 2 aromatic rings. The van der Waals surface area contributed by atoms with Crippen LogP contribution in [0.1, 0.15) is 23.8 Å².